The smallest absolute Gasteiger partial charge is 0.142 e. The van der Waals surface area contributed by atoms with E-state index in [2.05, 4.69) is 5.32 Å². The molecular formula is C16H16Cl2FNO. The maximum Gasteiger partial charge on any atom is 0.142 e. The molecule has 21 heavy (non-hydrogen) atoms. The Balaban J connectivity index is 2.20. The molecule has 2 nitrogen and oxygen atoms in total. The van der Waals surface area contributed by atoms with E-state index in [4.69, 9.17) is 23.2 Å². The zero-order valence-corrected chi connectivity index (χ0v) is 13.0. The van der Waals surface area contributed by atoms with Crippen LogP contribution >= 0.6 is 23.2 Å². The van der Waals surface area contributed by atoms with Crippen LogP contribution in [0.4, 0.5) is 4.39 Å². The topological polar surface area (TPSA) is 32.3 Å². The van der Waals surface area contributed by atoms with Crippen LogP contribution in [-0.2, 0) is 0 Å². The molecule has 0 bridgehead atoms. The molecule has 2 atom stereocenters. The summed E-state index contributed by atoms with van der Waals surface area (Å²) >= 11 is 11.8. The van der Waals surface area contributed by atoms with Gasteiger partial charge in [-0.1, -0.05) is 53.5 Å². The Kier molecular flexibility index (Phi) is 5.59. The van der Waals surface area contributed by atoms with E-state index in [-0.39, 0.29) is 23.7 Å². The Morgan fingerprint density at radius 1 is 1.14 bits per heavy atom. The van der Waals surface area contributed by atoms with Crippen molar-refractivity contribution in [3.8, 4) is 0 Å². The highest BCUT2D eigenvalue weighted by Crippen LogP contribution is 2.30. The van der Waals surface area contributed by atoms with Gasteiger partial charge in [-0.3, -0.25) is 0 Å². The highest BCUT2D eigenvalue weighted by atomic mass is 35.5. The van der Waals surface area contributed by atoms with Gasteiger partial charge in [-0.25, -0.2) is 4.39 Å². The molecule has 0 spiro atoms. The van der Waals surface area contributed by atoms with E-state index >= 15 is 0 Å². The van der Waals surface area contributed by atoms with Gasteiger partial charge in [-0.15, -0.1) is 0 Å². The van der Waals surface area contributed by atoms with Gasteiger partial charge < -0.3 is 10.4 Å². The van der Waals surface area contributed by atoms with E-state index in [1.807, 2.05) is 37.3 Å². The number of nitrogens with one attached hydrogen (secondary N) is 1. The monoisotopic (exact) mass is 327 g/mol. The van der Waals surface area contributed by atoms with Gasteiger partial charge in [0.25, 0.3) is 0 Å². The second kappa shape index (κ2) is 7.23. The summed E-state index contributed by atoms with van der Waals surface area (Å²) in [6.45, 7) is 1.79. The largest absolute Gasteiger partial charge is 0.394 e. The SMILES string of the molecule is CC(N[C@@H](CO)c1ccccc1)c1cc(F)c(Cl)cc1Cl. The molecule has 2 rings (SSSR count). The summed E-state index contributed by atoms with van der Waals surface area (Å²) in [5.41, 5.74) is 1.56. The maximum atomic E-state index is 13.6. The fourth-order valence-electron chi connectivity index (χ4n) is 2.20. The van der Waals surface area contributed by atoms with Crippen molar-refractivity contribution in [1.29, 1.82) is 0 Å². The first-order valence-corrected chi connectivity index (χ1v) is 7.34. The van der Waals surface area contributed by atoms with Crippen LogP contribution in [0, 0.1) is 5.82 Å². The number of aliphatic hydroxyl groups excluding tert-OH is 1. The normalized spacial score (nSPS) is 14.0. The predicted octanol–water partition coefficient (Wildman–Crippen LogP) is 4.52. The van der Waals surface area contributed by atoms with Crippen molar-refractivity contribution in [1.82, 2.24) is 5.32 Å². The Morgan fingerprint density at radius 2 is 1.81 bits per heavy atom. The van der Waals surface area contributed by atoms with E-state index in [1.165, 1.54) is 12.1 Å². The number of halogens is 3. The van der Waals surface area contributed by atoms with Crippen molar-refractivity contribution < 1.29 is 9.50 Å². The van der Waals surface area contributed by atoms with Crippen LogP contribution in [0.1, 0.15) is 30.1 Å². The van der Waals surface area contributed by atoms with Crippen molar-refractivity contribution in [3.63, 3.8) is 0 Å². The predicted molar refractivity (Wildman–Crippen MR) is 84.2 cm³/mol. The van der Waals surface area contributed by atoms with Crippen molar-refractivity contribution in [2.45, 2.75) is 19.0 Å². The summed E-state index contributed by atoms with van der Waals surface area (Å²) in [5, 5.41) is 13.2. The number of rotatable bonds is 5. The molecule has 0 aliphatic carbocycles. The Labute approximate surface area is 133 Å². The van der Waals surface area contributed by atoms with Crippen molar-refractivity contribution in [2.75, 3.05) is 6.61 Å². The Hall–Kier alpha value is -1.13. The van der Waals surface area contributed by atoms with E-state index < -0.39 is 5.82 Å². The van der Waals surface area contributed by atoms with Gasteiger partial charge in [0.05, 0.1) is 17.7 Å². The molecule has 0 radical (unpaired) electrons. The van der Waals surface area contributed by atoms with Crippen molar-refractivity contribution in [3.05, 3.63) is 69.5 Å². The molecule has 0 amide bonds. The average molecular weight is 328 g/mol. The molecule has 0 heterocycles. The van der Waals surface area contributed by atoms with E-state index in [9.17, 15) is 9.50 Å². The first-order valence-electron chi connectivity index (χ1n) is 6.59. The van der Waals surface area contributed by atoms with Crippen LogP contribution in [0.15, 0.2) is 42.5 Å². The third-order valence-corrected chi connectivity index (χ3v) is 3.96. The van der Waals surface area contributed by atoms with Crippen LogP contribution in [0.5, 0.6) is 0 Å². The van der Waals surface area contributed by atoms with E-state index in [0.717, 1.165) is 5.56 Å². The average Bonchev–Trinajstić information content (AvgIpc) is 2.49. The molecule has 112 valence electrons. The van der Waals surface area contributed by atoms with Gasteiger partial charge in [-0.2, -0.15) is 0 Å². The van der Waals surface area contributed by atoms with Crippen LogP contribution in [0.2, 0.25) is 10.0 Å². The maximum absolute atomic E-state index is 13.6. The van der Waals surface area contributed by atoms with E-state index in [0.29, 0.717) is 10.6 Å². The zero-order valence-electron chi connectivity index (χ0n) is 11.5. The highest BCUT2D eigenvalue weighted by Gasteiger charge is 2.18. The fraction of sp³-hybridized carbons (Fsp3) is 0.250. The standard InChI is InChI=1S/C16H16Cl2FNO/c1-10(12-7-15(19)14(18)8-13(12)17)20-16(9-21)11-5-3-2-4-6-11/h2-8,10,16,20-21H,9H2,1H3/t10?,16-/m0/s1. The lowest BCUT2D eigenvalue weighted by molar-refractivity contribution is 0.235. The van der Waals surface area contributed by atoms with Gasteiger partial charge in [0.1, 0.15) is 5.82 Å². The first kappa shape index (κ1) is 16.2. The van der Waals surface area contributed by atoms with Crippen LogP contribution < -0.4 is 5.32 Å². The Bertz CT molecular complexity index is 607. The van der Waals surface area contributed by atoms with Crippen LogP contribution in [-0.4, -0.2) is 11.7 Å². The summed E-state index contributed by atoms with van der Waals surface area (Å²) in [4.78, 5) is 0. The minimum Gasteiger partial charge on any atom is -0.394 e. The lowest BCUT2D eigenvalue weighted by Crippen LogP contribution is -2.27. The van der Waals surface area contributed by atoms with Crippen LogP contribution in [0.25, 0.3) is 0 Å². The first-order chi connectivity index (χ1) is 10.0. The summed E-state index contributed by atoms with van der Waals surface area (Å²) in [7, 11) is 0. The minimum absolute atomic E-state index is 0.00211. The molecular weight excluding hydrogens is 312 g/mol. The summed E-state index contributed by atoms with van der Waals surface area (Å²) in [6.07, 6.45) is 0. The molecule has 0 aliphatic rings. The number of aliphatic hydroxyl groups is 1. The van der Waals surface area contributed by atoms with Crippen molar-refractivity contribution in [2.24, 2.45) is 0 Å². The second-order valence-electron chi connectivity index (χ2n) is 4.82. The molecule has 1 unspecified atom stereocenters. The highest BCUT2D eigenvalue weighted by molar-refractivity contribution is 6.35. The second-order valence-corrected chi connectivity index (χ2v) is 5.64. The summed E-state index contributed by atoms with van der Waals surface area (Å²) < 4.78 is 13.6. The van der Waals surface area contributed by atoms with Crippen LogP contribution in [0.3, 0.4) is 0 Å². The van der Waals surface area contributed by atoms with Gasteiger partial charge in [0.2, 0.25) is 0 Å². The van der Waals surface area contributed by atoms with Crippen molar-refractivity contribution >= 4 is 23.2 Å². The molecule has 2 aromatic rings. The van der Waals surface area contributed by atoms with E-state index in [1.54, 1.807) is 0 Å². The number of benzene rings is 2. The fourth-order valence-corrected chi connectivity index (χ4v) is 2.75. The lowest BCUT2D eigenvalue weighted by Gasteiger charge is -2.23. The molecule has 2 aromatic carbocycles. The Morgan fingerprint density at radius 3 is 2.43 bits per heavy atom. The molecule has 0 aliphatic heterocycles. The molecule has 0 saturated heterocycles. The minimum atomic E-state index is -0.509. The number of hydrogen-bond donors (Lipinski definition) is 2. The molecule has 0 saturated carbocycles. The molecule has 2 N–H and O–H groups in total. The molecule has 0 fully saturated rings. The quantitative estimate of drug-likeness (QED) is 0.791. The lowest BCUT2D eigenvalue weighted by atomic mass is 10.0. The summed E-state index contributed by atoms with van der Waals surface area (Å²) in [5.74, 6) is -0.509. The molecule has 5 heteroatoms. The molecule has 0 aromatic heterocycles. The third-order valence-electron chi connectivity index (χ3n) is 3.34. The zero-order chi connectivity index (χ0) is 15.4. The summed E-state index contributed by atoms with van der Waals surface area (Å²) in [6, 6.07) is 11.8. The van der Waals surface area contributed by atoms with Gasteiger partial charge >= 0.3 is 0 Å². The van der Waals surface area contributed by atoms with Gasteiger partial charge in [0.15, 0.2) is 0 Å². The third kappa shape index (κ3) is 3.95. The van der Waals surface area contributed by atoms with Gasteiger partial charge in [-0.05, 0) is 30.2 Å². The van der Waals surface area contributed by atoms with Gasteiger partial charge in [0, 0.05) is 11.1 Å². The number of hydrogen-bond acceptors (Lipinski definition) is 2.